The maximum atomic E-state index is 13.3. The summed E-state index contributed by atoms with van der Waals surface area (Å²) >= 11 is 0. The highest BCUT2D eigenvalue weighted by Gasteiger charge is 2.31. The van der Waals surface area contributed by atoms with Crippen molar-refractivity contribution in [3.8, 4) is 23.5 Å². The fourth-order valence-corrected chi connectivity index (χ4v) is 8.18. The second-order valence-corrected chi connectivity index (χ2v) is 17.8. The molecule has 0 atom stereocenters. The molecule has 0 bridgehead atoms. The second kappa shape index (κ2) is 26.4. The Labute approximate surface area is 402 Å². The first-order valence-corrected chi connectivity index (χ1v) is 23.3. The molecule has 378 valence electrons. The molecule has 0 unspecified atom stereocenters. The van der Waals surface area contributed by atoms with Crippen LogP contribution in [0.1, 0.15) is 73.2 Å². The normalized spacial score (nSPS) is 16.0. The summed E-state index contributed by atoms with van der Waals surface area (Å²) in [6.07, 6.45) is 4.83. The van der Waals surface area contributed by atoms with Crippen LogP contribution in [0.15, 0.2) is 28.7 Å². The number of carbonyl (C=O) groups excluding carboxylic acids is 4. The molecule has 3 heterocycles. The van der Waals surface area contributed by atoms with Crippen molar-refractivity contribution in [1.29, 1.82) is 0 Å². The van der Waals surface area contributed by atoms with E-state index in [1.165, 1.54) is 31.4 Å². The monoisotopic (exact) mass is 965 g/mol. The number of rotatable bonds is 24. The van der Waals surface area contributed by atoms with Crippen LogP contribution in [0.3, 0.4) is 0 Å². The first-order chi connectivity index (χ1) is 33.1. The number of aromatic nitrogens is 2. The number of aliphatic carboxylic acids is 2. The van der Waals surface area contributed by atoms with Crippen LogP contribution in [0.2, 0.25) is 0 Å². The largest absolute Gasteiger partial charge is 0.480 e. The molecular weight excluding hydrogens is 897 g/mol. The number of ether oxygens (including phenoxy) is 3. The number of benzene rings is 1. The first kappa shape index (κ1) is 53.6. The van der Waals surface area contributed by atoms with Gasteiger partial charge in [-0.25, -0.2) is 0 Å². The molecule has 3 aromatic rings. The van der Waals surface area contributed by atoms with Gasteiger partial charge >= 0.3 is 11.9 Å². The third-order valence-corrected chi connectivity index (χ3v) is 12.1. The van der Waals surface area contributed by atoms with E-state index < -0.39 is 17.8 Å². The van der Waals surface area contributed by atoms with Crippen LogP contribution >= 0.6 is 0 Å². The predicted octanol–water partition coefficient (Wildman–Crippen LogP) is 2.46. The molecule has 0 spiro atoms. The quantitative estimate of drug-likeness (QED) is 0.0556. The molecule has 2 aliphatic rings. The van der Waals surface area contributed by atoms with Crippen molar-refractivity contribution in [2.75, 3.05) is 123 Å². The fraction of sp³-hybridized carbons (Fsp3) is 0.574. The van der Waals surface area contributed by atoms with Gasteiger partial charge in [-0.1, -0.05) is 19.9 Å². The average molecular weight is 965 g/mol. The Hall–Kier alpha value is -6.36. The highest BCUT2D eigenvalue weighted by molar-refractivity contribution is 6.03. The number of hydrogen-bond donors (Lipinski definition) is 6. The van der Waals surface area contributed by atoms with E-state index in [-0.39, 0.29) is 84.9 Å². The zero-order valence-corrected chi connectivity index (χ0v) is 40.4. The zero-order valence-electron chi connectivity index (χ0n) is 40.4. The van der Waals surface area contributed by atoms with E-state index in [0.29, 0.717) is 97.0 Å². The summed E-state index contributed by atoms with van der Waals surface area (Å²) in [5, 5.41) is 30.4. The lowest BCUT2D eigenvalue weighted by atomic mass is 9.86. The molecule has 1 saturated heterocycles. The summed E-state index contributed by atoms with van der Waals surface area (Å²) in [5.74, 6) is -1.81. The number of hydrogen-bond acceptors (Lipinski definition) is 17. The molecule has 69 heavy (non-hydrogen) atoms. The van der Waals surface area contributed by atoms with Gasteiger partial charge in [0.2, 0.25) is 29.5 Å². The molecule has 22 nitrogen and oxygen atoms in total. The third kappa shape index (κ3) is 17.0. The smallest absolute Gasteiger partial charge is 0.317 e. The summed E-state index contributed by atoms with van der Waals surface area (Å²) in [7, 11) is 2.80. The number of furan rings is 1. The molecule has 1 aromatic carbocycles. The van der Waals surface area contributed by atoms with E-state index in [1.807, 2.05) is 16.7 Å². The minimum absolute atomic E-state index is 0.00648. The summed E-state index contributed by atoms with van der Waals surface area (Å²) in [4.78, 5) is 89.2. The first-order valence-electron chi connectivity index (χ1n) is 23.3. The van der Waals surface area contributed by atoms with Crippen molar-refractivity contribution in [1.82, 2.24) is 40.2 Å². The van der Waals surface area contributed by atoms with E-state index in [4.69, 9.17) is 18.6 Å². The zero-order chi connectivity index (χ0) is 49.9. The van der Waals surface area contributed by atoms with Gasteiger partial charge in [-0.2, -0.15) is 9.97 Å². The second-order valence-electron chi connectivity index (χ2n) is 17.8. The number of nitrogens with zero attached hydrogens (tertiary/aromatic N) is 6. The van der Waals surface area contributed by atoms with Crippen LogP contribution in [-0.2, 0) is 35.8 Å². The van der Waals surface area contributed by atoms with Gasteiger partial charge in [0.15, 0.2) is 11.4 Å². The molecule has 1 aliphatic carbocycles. The van der Waals surface area contributed by atoms with Gasteiger partial charge in [0.25, 0.3) is 11.9 Å². The number of methoxy groups -OCH3 is 2. The molecule has 1 fully saturated rings. The van der Waals surface area contributed by atoms with Crippen molar-refractivity contribution in [3.63, 3.8) is 0 Å². The summed E-state index contributed by atoms with van der Waals surface area (Å²) < 4.78 is 22.8. The lowest BCUT2D eigenvalue weighted by Gasteiger charge is -2.32. The van der Waals surface area contributed by atoms with Crippen LogP contribution in [0, 0.1) is 6.92 Å². The number of unbranched alkanes of at least 4 members (excludes halogenated alkanes) is 1. The molecule has 6 N–H and O–H groups in total. The van der Waals surface area contributed by atoms with Gasteiger partial charge in [0.1, 0.15) is 12.0 Å². The number of anilines is 2. The Balaban J connectivity index is 1.00. The fourth-order valence-electron chi connectivity index (χ4n) is 8.18. The number of aryl methyl sites for hydroxylation is 2. The topological polar surface area (TPSA) is 271 Å². The van der Waals surface area contributed by atoms with Gasteiger partial charge in [0.05, 0.1) is 40.4 Å². The summed E-state index contributed by atoms with van der Waals surface area (Å²) in [6, 6.07) is 7.29. The van der Waals surface area contributed by atoms with E-state index in [2.05, 4.69) is 57.2 Å². The number of aldehydes is 1. The van der Waals surface area contributed by atoms with Gasteiger partial charge in [-0.15, -0.1) is 0 Å². The van der Waals surface area contributed by atoms with Crippen molar-refractivity contribution in [2.45, 2.75) is 64.7 Å². The highest BCUT2D eigenvalue weighted by atomic mass is 16.6. The lowest BCUT2D eigenvalue weighted by Crippen LogP contribution is -2.49. The van der Waals surface area contributed by atoms with E-state index in [1.54, 1.807) is 15.9 Å². The minimum atomic E-state index is -1.00. The van der Waals surface area contributed by atoms with Crippen LogP contribution in [0.5, 0.6) is 23.5 Å². The van der Waals surface area contributed by atoms with Crippen molar-refractivity contribution in [2.24, 2.45) is 0 Å². The maximum absolute atomic E-state index is 13.3. The Morgan fingerprint density at radius 1 is 0.768 bits per heavy atom. The SMILES string of the molecule is COc1nc(NCCCNC(=O)CCCCNC(=O)CN2CCN(CC=O)CCN(CC(=O)O)CCN(CC(=O)O)CC2)nc(OC)c1NC(=O)c1ccc(Oc2cc3c(cc2C)CCC3(C)C)o1. The number of fused-ring (bicyclic) bond motifs is 1. The molecule has 3 amide bonds. The van der Waals surface area contributed by atoms with Crippen molar-refractivity contribution >= 4 is 47.6 Å². The predicted molar refractivity (Wildman–Crippen MR) is 254 cm³/mol. The molecule has 2 aromatic heterocycles. The van der Waals surface area contributed by atoms with Crippen LogP contribution < -0.4 is 35.5 Å². The highest BCUT2D eigenvalue weighted by Crippen LogP contribution is 2.42. The Kier molecular flexibility index (Phi) is 20.5. The summed E-state index contributed by atoms with van der Waals surface area (Å²) in [6.45, 7) is 10.5. The van der Waals surface area contributed by atoms with E-state index in [9.17, 15) is 39.0 Å². The molecule has 0 saturated carbocycles. The standard InChI is InChI=1S/C47H68N10O12/c1-32-27-33-12-13-47(2,3)34(33)28-36(32)69-41-11-10-35(68-41)43(65)51-42-44(66-4)52-46(53-45(42)67-5)50-16-8-15-48-37(59)9-6-7-14-49-38(60)29-55-19-17-54(25-26-58)18-20-56(30-39(61)62)23-24-57(22-21-55)31-40(63)64/h10-11,26-28H,6-9,12-25,29-31H2,1-5H3,(H,48,59)(H,49,60)(H,51,65)(H,61,62)(H,63,64)(H,50,52,53). The van der Waals surface area contributed by atoms with Gasteiger partial charge in [-0.05, 0) is 73.3 Å². The minimum Gasteiger partial charge on any atom is -0.480 e. The Morgan fingerprint density at radius 2 is 1.35 bits per heavy atom. The van der Waals surface area contributed by atoms with Crippen LogP contribution in [0.25, 0.3) is 0 Å². The van der Waals surface area contributed by atoms with Gasteiger partial charge in [0, 0.05) is 84.5 Å². The van der Waals surface area contributed by atoms with Gasteiger partial charge in [-0.3, -0.25) is 43.6 Å². The molecule has 5 rings (SSSR count). The third-order valence-electron chi connectivity index (χ3n) is 12.1. The van der Waals surface area contributed by atoms with Crippen LogP contribution in [0.4, 0.5) is 11.6 Å². The number of amides is 3. The number of carboxylic acids is 2. The van der Waals surface area contributed by atoms with Crippen LogP contribution in [-0.4, -0.2) is 188 Å². The Bertz CT molecular complexity index is 2210. The van der Waals surface area contributed by atoms with Gasteiger partial charge < -0.3 is 54.9 Å². The maximum Gasteiger partial charge on any atom is 0.317 e. The van der Waals surface area contributed by atoms with Crippen molar-refractivity contribution in [3.05, 3.63) is 46.7 Å². The molecule has 0 radical (unpaired) electrons. The molecule has 22 heteroatoms. The lowest BCUT2D eigenvalue weighted by molar-refractivity contribution is -0.140. The van der Waals surface area contributed by atoms with E-state index >= 15 is 0 Å². The summed E-state index contributed by atoms with van der Waals surface area (Å²) in [5.41, 5.74) is 3.70. The van der Waals surface area contributed by atoms with Crippen molar-refractivity contribution < 1.29 is 57.6 Å². The number of carboxylic acid groups (broad SMARTS) is 2. The number of carbonyl (C=O) groups is 6. The Morgan fingerprint density at radius 3 is 1.94 bits per heavy atom. The molecular formula is C47H68N10O12. The molecule has 1 aliphatic heterocycles. The number of nitrogens with one attached hydrogen (secondary N) is 4. The average Bonchev–Trinajstić information content (AvgIpc) is 3.89. The van der Waals surface area contributed by atoms with E-state index in [0.717, 1.165) is 24.7 Å².